The van der Waals surface area contributed by atoms with Crippen LogP contribution in [0.3, 0.4) is 0 Å². The molecule has 0 radical (unpaired) electrons. The Labute approximate surface area is 98.1 Å². The van der Waals surface area contributed by atoms with E-state index in [0.29, 0.717) is 0 Å². The van der Waals surface area contributed by atoms with Gasteiger partial charge >= 0.3 is 0 Å². The lowest BCUT2D eigenvalue weighted by Crippen LogP contribution is -1.82. The summed E-state index contributed by atoms with van der Waals surface area (Å²) in [5, 5.41) is 0. The third-order valence-corrected chi connectivity index (χ3v) is 2.88. The highest BCUT2D eigenvalue weighted by Gasteiger charge is 2.04. The van der Waals surface area contributed by atoms with Crippen LogP contribution in [0.5, 0.6) is 0 Å². The summed E-state index contributed by atoms with van der Waals surface area (Å²) in [6, 6.07) is 8.46. The van der Waals surface area contributed by atoms with E-state index in [9.17, 15) is 4.39 Å². The largest absolute Gasteiger partial charge is 0.360 e. The van der Waals surface area contributed by atoms with Crippen molar-refractivity contribution in [2.45, 2.75) is 6.92 Å². The van der Waals surface area contributed by atoms with Crippen molar-refractivity contribution < 1.29 is 4.39 Å². The quantitative estimate of drug-likeness (QED) is 0.673. The summed E-state index contributed by atoms with van der Waals surface area (Å²) >= 11 is 0. The zero-order chi connectivity index (χ0) is 11.8. The van der Waals surface area contributed by atoms with Crippen molar-refractivity contribution in [3.05, 3.63) is 54.1 Å². The molecule has 2 heterocycles. The van der Waals surface area contributed by atoms with Gasteiger partial charge in [-0.05, 0) is 36.2 Å². The lowest BCUT2D eigenvalue weighted by Gasteiger charge is -2.01. The van der Waals surface area contributed by atoms with Gasteiger partial charge in [0, 0.05) is 18.0 Å². The number of nitrogens with zero attached hydrogens (tertiary/aromatic N) is 1. The zero-order valence-corrected chi connectivity index (χ0v) is 9.37. The fourth-order valence-corrected chi connectivity index (χ4v) is 1.94. The molecule has 0 aliphatic carbocycles. The van der Waals surface area contributed by atoms with Crippen LogP contribution in [0.2, 0.25) is 0 Å². The maximum absolute atomic E-state index is 12.8. The molecular formula is C14H11FN2. The summed E-state index contributed by atoms with van der Waals surface area (Å²) in [5.74, 6) is -0.224. The molecule has 0 amide bonds. The number of H-pyrrole nitrogens is 1. The molecule has 84 valence electrons. The highest BCUT2D eigenvalue weighted by molar-refractivity contribution is 5.83. The molecule has 2 nitrogen and oxygen atoms in total. The van der Waals surface area contributed by atoms with E-state index in [-0.39, 0.29) is 5.82 Å². The van der Waals surface area contributed by atoms with Crippen molar-refractivity contribution in [2.75, 3.05) is 0 Å². The van der Waals surface area contributed by atoms with Gasteiger partial charge in [0.25, 0.3) is 0 Å². The van der Waals surface area contributed by atoms with Gasteiger partial charge in [-0.25, -0.2) is 4.39 Å². The molecule has 0 saturated carbocycles. The van der Waals surface area contributed by atoms with Crippen molar-refractivity contribution in [1.29, 1.82) is 0 Å². The highest BCUT2D eigenvalue weighted by Crippen LogP contribution is 2.23. The van der Waals surface area contributed by atoms with Crippen molar-refractivity contribution in [3.63, 3.8) is 0 Å². The number of aryl methyl sites for hydroxylation is 1. The average Bonchev–Trinajstić information content (AvgIpc) is 2.72. The molecule has 1 aromatic carbocycles. The Morgan fingerprint density at radius 2 is 1.88 bits per heavy atom. The van der Waals surface area contributed by atoms with E-state index in [0.717, 1.165) is 27.7 Å². The first-order valence-electron chi connectivity index (χ1n) is 5.44. The number of halogens is 1. The predicted molar refractivity (Wildman–Crippen MR) is 66.2 cm³/mol. The Morgan fingerprint density at radius 1 is 1.12 bits per heavy atom. The molecule has 3 heteroatoms. The van der Waals surface area contributed by atoms with E-state index < -0.39 is 0 Å². The smallest absolute Gasteiger partial charge is 0.123 e. The second-order valence-electron chi connectivity index (χ2n) is 4.10. The molecule has 3 rings (SSSR count). The lowest BCUT2D eigenvalue weighted by molar-refractivity contribution is 0.628. The van der Waals surface area contributed by atoms with Crippen LogP contribution in [0.15, 0.2) is 42.7 Å². The minimum absolute atomic E-state index is 0.224. The molecule has 0 unspecified atom stereocenters. The first-order chi connectivity index (χ1) is 8.24. The molecule has 0 fully saturated rings. The molecule has 0 bridgehead atoms. The summed E-state index contributed by atoms with van der Waals surface area (Å²) in [4.78, 5) is 7.59. The molecule has 0 aliphatic rings. The summed E-state index contributed by atoms with van der Waals surface area (Å²) < 4.78 is 12.8. The van der Waals surface area contributed by atoms with Crippen LogP contribution in [0.1, 0.15) is 5.56 Å². The van der Waals surface area contributed by atoms with Crippen LogP contribution in [-0.4, -0.2) is 9.97 Å². The van der Waals surface area contributed by atoms with Gasteiger partial charge in [-0.2, -0.15) is 0 Å². The Hall–Kier alpha value is -2.16. The number of aromatic nitrogens is 2. The van der Waals surface area contributed by atoms with Gasteiger partial charge in [-0.3, -0.25) is 4.98 Å². The predicted octanol–water partition coefficient (Wildman–Crippen LogP) is 3.68. The second-order valence-corrected chi connectivity index (χ2v) is 4.10. The molecule has 0 atom stereocenters. The maximum Gasteiger partial charge on any atom is 0.123 e. The summed E-state index contributed by atoms with van der Waals surface area (Å²) in [6.45, 7) is 2.02. The maximum atomic E-state index is 12.8. The number of rotatable bonds is 1. The van der Waals surface area contributed by atoms with Crippen LogP contribution in [0.25, 0.3) is 22.2 Å². The Morgan fingerprint density at radius 3 is 2.65 bits per heavy atom. The van der Waals surface area contributed by atoms with E-state index in [1.165, 1.54) is 12.1 Å². The van der Waals surface area contributed by atoms with E-state index in [1.807, 2.05) is 25.4 Å². The minimum atomic E-state index is -0.224. The Bertz CT molecular complexity index is 668. The van der Waals surface area contributed by atoms with Gasteiger partial charge in [0.2, 0.25) is 0 Å². The molecule has 0 spiro atoms. The van der Waals surface area contributed by atoms with E-state index in [1.54, 1.807) is 12.1 Å². The van der Waals surface area contributed by atoms with Gasteiger partial charge in [-0.15, -0.1) is 0 Å². The number of hydrogen-bond donors (Lipinski definition) is 1. The van der Waals surface area contributed by atoms with Crippen LogP contribution in [-0.2, 0) is 0 Å². The molecule has 3 aromatic rings. The monoisotopic (exact) mass is 226 g/mol. The van der Waals surface area contributed by atoms with Crippen molar-refractivity contribution in [2.24, 2.45) is 0 Å². The van der Waals surface area contributed by atoms with Crippen LogP contribution < -0.4 is 0 Å². The molecule has 2 aromatic heterocycles. The molecule has 1 N–H and O–H groups in total. The van der Waals surface area contributed by atoms with E-state index in [4.69, 9.17) is 0 Å². The Balaban J connectivity index is 2.14. The molecule has 17 heavy (non-hydrogen) atoms. The second kappa shape index (κ2) is 3.70. The van der Waals surface area contributed by atoms with Crippen molar-refractivity contribution >= 4 is 11.0 Å². The van der Waals surface area contributed by atoms with Crippen molar-refractivity contribution in [1.82, 2.24) is 9.97 Å². The minimum Gasteiger partial charge on any atom is -0.360 e. The fraction of sp³-hybridized carbons (Fsp3) is 0.0714. The fourth-order valence-electron chi connectivity index (χ4n) is 1.94. The Kier molecular flexibility index (Phi) is 2.18. The molecule has 0 aliphatic heterocycles. The first kappa shape index (κ1) is 10.0. The molecular weight excluding hydrogens is 215 g/mol. The van der Waals surface area contributed by atoms with Crippen LogP contribution >= 0.6 is 0 Å². The average molecular weight is 226 g/mol. The molecule has 0 saturated heterocycles. The van der Waals surface area contributed by atoms with Gasteiger partial charge in [-0.1, -0.05) is 12.1 Å². The summed E-state index contributed by atoms with van der Waals surface area (Å²) in [6.07, 6.45) is 3.75. The first-order valence-corrected chi connectivity index (χ1v) is 5.44. The number of aromatic amines is 1. The highest BCUT2D eigenvalue weighted by atomic mass is 19.1. The van der Waals surface area contributed by atoms with Gasteiger partial charge in [0.05, 0.1) is 11.0 Å². The third-order valence-electron chi connectivity index (χ3n) is 2.88. The normalized spacial score (nSPS) is 10.9. The number of fused-ring (bicyclic) bond motifs is 1. The van der Waals surface area contributed by atoms with Gasteiger partial charge in [0.1, 0.15) is 5.82 Å². The summed E-state index contributed by atoms with van der Waals surface area (Å²) in [5.41, 5.74) is 5.07. The topological polar surface area (TPSA) is 28.7 Å². The standard InChI is InChI=1S/C14H11FN2/c1-9-7-16-13-6-11(8-17-14(9)13)10-2-4-12(15)5-3-10/h2-8,16H,1H3. The third kappa shape index (κ3) is 1.69. The number of hydrogen-bond acceptors (Lipinski definition) is 1. The number of benzene rings is 1. The van der Waals surface area contributed by atoms with Gasteiger partial charge in [0.15, 0.2) is 0 Å². The SMILES string of the molecule is Cc1c[nH]c2cc(-c3ccc(F)cc3)cnc12. The van der Waals surface area contributed by atoms with Crippen LogP contribution in [0, 0.1) is 12.7 Å². The van der Waals surface area contributed by atoms with E-state index in [2.05, 4.69) is 9.97 Å². The lowest BCUT2D eigenvalue weighted by atomic mass is 10.1. The number of nitrogens with one attached hydrogen (secondary N) is 1. The van der Waals surface area contributed by atoms with Crippen LogP contribution in [0.4, 0.5) is 4.39 Å². The van der Waals surface area contributed by atoms with E-state index >= 15 is 0 Å². The zero-order valence-electron chi connectivity index (χ0n) is 9.37. The van der Waals surface area contributed by atoms with Crippen molar-refractivity contribution in [3.8, 4) is 11.1 Å². The van der Waals surface area contributed by atoms with Gasteiger partial charge < -0.3 is 4.98 Å². The summed E-state index contributed by atoms with van der Waals surface area (Å²) in [7, 11) is 0. The number of pyridine rings is 1.